The summed E-state index contributed by atoms with van der Waals surface area (Å²) in [5.41, 5.74) is -0.754. The van der Waals surface area contributed by atoms with E-state index < -0.39 is 23.2 Å². The molecule has 0 spiro atoms. The summed E-state index contributed by atoms with van der Waals surface area (Å²) in [5, 5.41) is 15.0. The summed E-state index contributed by atoms with van der Waals surface area (Å²) in [6, 6.07) is 4.38. The Morgan fingerprint density at radius 1 is 1.12 bits per heavy atom. The van der Waals surface area contributed by atoms with Crippen LogP contribution in [0, 0.1) is 5.41 Å². The van der Waals surface area contributed by atoms with Gasteiger partial charge in [0.1, 0.15) is 0 Å². The van der Waals surface area contributed by atoms with Crippen LogP contribution < -0.4 is 10.6 Å². The number of hydrogen-bond acceptors (Lipinski definition) is 4. The molecule has 0 atom stereocenters. The van der Waals surface area contributed by atoms with Gasteiger partial charge in [0.25, 0.3) is 5.91 Å². The van der Waals surface area contributed by atoms with Crippen LogP contribution in [0.4, 0.5) is 0 Å². The standard InChI is InChI=1S/C16H18Cl2N2O5/c17-11-2-1-10(7-12(11)18)14(22)19-8-13(21)20-9-16(15(23)24)3-5-25-6-4-16/h1-2,7H,3-6,8-9H2,(H,19,22)(H,20,21)(H,23,24). The van der Waals surface area contributed by atoms with E-state index in [4.69, 9.17) is 27.9 Å². The van der Waals surface area contributed by atoms with Crippen molar-refractivity contribution in [1.29, 1.82) is 0 Å². The smallest absolute Gasteiger partial charge is 0.311 e. The van der Waals surface area contributed by atoms with Gasteiger partial charge in [-0.2, -0.15) is 0 Å². The molecule has 1 aliphatic heterocycles. The van der Waals surface area contributed by atoms with Crippen molar-refractivity contribution in [3.63, 3.8) is 0 Å². The number of carbonyl (C=O) groups is 3. The topological polar surface area (TPSA) is 105 Å². The van der Waals surface area contributed by atoms with Gasteiger partial charge in [0.05, 0.1) is 22.0 Å². The Morgan fingerprint density at radius 3 is 2.40 bits per heavy atom. The first-order valence-electron chi connectivity index (χ1n) is 7.65. The molecule has 1 aromatic rings. The second-order valence-corrected chi connectivity index (χ2v) is 6.60. The highest BCUT2D eigenvalue weighted by atomic mass is 35.5. The lowest BCUT2D eigenvalue weighted by atomic mass is 9.80. The molecule has 2 amide bonds. The summed E-state index contributed by atoms with van der Waals surface area (Å²) in [6.45, 7) is 0.408. The van der Waals surface area contributed by atoms with Gasteiger partial charge in [-0.05, 0) is 31.0 Å². The lowest BCUT2D eigenvalue weighted by Gasteiger charge is -2.33. The number of carbonyl (C=O) groups excluding carboxylic acids is 2. The Kier molecular flexibility index (Phi) is 6.64. The maximum Gasteiger partial charge on any atom is 0.311 e. The first-order chi connectivity index (χ1) is 11.8. The average molecular weight is 389 g/mol. The Hall–Kier alpha value is -1.83. The van der Waals surface area contributed by atoms with Gasteiger partial charge in [-0.15, -0.1) is 0 Å². The predicted octanol–water partition coefficient (Wildman–Crippen LogP) is 1.72. The number of hydrogen-bond donors (Lipinski definition) is 3. The van der Waals surface area contributed by atoms with Crippen molar-refractivity contribution in [2.45, 2.75) is 12.8 Å². The Balaban J connectivity index is 1.84. The summed E-state index contributed by atoms with van der Waals surface area (Å²) >= 11 is 11.6. The third-order valence-electron chi connectivity index (χ3n) is 4.12. The lowest BCUT2D eigenvalue weighted by molar-refractivity contribution is -0.154. The second kappa shape index (κ2) is 8.51. The normalized spacial score (nSPS) is 16.1. The van der Waals surface area contributed by atoms with Gasteiger partial charge in [0, 0.05) is 25.3 Å². The molecule has 0 radical (unpaired) electrons. The summed E-state index contributed by atoms with van der Waals surface area (Å²) in [7, 11) is 0. The zero-order valence-electron chi connectivity index (χ0n) is 13.3. The minimum absolute atomic E-state index is 0.00678. The first-order valence-corrected chi connectivity index (χ1v) is 8.41. The van der Waals surface area contributed by atoms with Crippen molar-refractivity contribution in [3.8, 4) is 0 Å². The van der Waals surface area contributed by atoms with E-state index in [9.17, 15) is 19.5 Å². The quantitative estimate of drug-likeness (QED) is 0.687. The molecule has 0 aromatic heterocycles. The molecule has 9 heteroatoms. The van der Waals surface area contributed by atoms with E-state index in [0.29, 0.717) is 31.1 Å². The number of ether oxygens (including phenoxy) is 1. The Morgan fingerprint density at radius 2 is 1.80 bits per heavy atom. The molecule has 136 valence electrons. The molecule has 25 heavy (non-hydrogen) atoms. The van der Waals surface area contributed by atoms with Crippen LogP contribution in [0.5, 0.6) is 0 Å². The highest BCUT2D eigenvalue weighted by molar-refractivity contribution is 6.42. The van der Waals surface area contributed by atoms with Gasteiger partial charge in [-0.3, -0.25) is 14.4 Å². The summed E-state index contributed by atoms with van der Waals surface area (Å²) in [6.07, 6.45) is 0.663. The van der Waals surface area contributed by atoms with Gasteiger partial charge in [0.15, 0.2) is 0 Å². The molecule has 1 fully saturated rings. The SMILES string of the molecule is O=C(CNC(=O)c1ccc(Cl)c(Cl)c1)NCC1(C(=O)O)CCOCC1. The molecule has 0 saturated carbocycles. The van der Waals surface area contributed by atoms with Crippen molar-refractivity contribution >= 4 is 41.0 Å². The zero-order chi connectivity index (χ0) is 18.4. The van der Waals surface area contributed by atoms with Crippen LogP contribution in [0.1, 0.15) is 23.2 Å². The third-order valence-corrected chi connectivity index (χ3v) is 4.86. The third kappa shape index (κ3) is 5.07. The summed E-state index contributed by atoms with van der Waals surface area (Å²) < 4.78 is 5.17. The fourth-order valence-electron chi connectivity index (χ4n) is 2.46. The van der Waals surface area contributed by atoms with E-state index in [1.807, 2.05) is 0 Å². The minimum Gasteiger partial charge on any atom is -0.481 e. The van der Waals surface area contributed by atoms with E-state index >= 15 is 0 Å². The molecular weight excluding hydrogens is 371 g/mol. The number of rotatable bonds is 6. The number of nitrogens with one attached hydrogen (secondary N) is 2. The van der Waals surface area contributed by atoms with Crippen molar-refractivity contribution in [3.05, 3.63) is 33.8 Å². The van der Waals surface area contributed by atoms with Crippen LogP contribution in [0.2, 0.25) is 10.0 Å². The molecular formula is C16H18Cl2N2O5. The van der Waals surface area contributed by atoms with Crippen molar-refractivity contribution in [1.82, 2.24) is 10.6 Å². The van der Waals surface area contributed by atoms with E-state index in [-0.39, 0.29) is 23.7 Å². The summed E-state index contributed by atoms with van der Waals surface area (Å²) in [5.74, 6) is -1.91. The van der Waals surface area contributed by atoms with E-state index in [0.717, 1.165) is 0 Å². The second-order valence-electron chi connectivity index (χ2n) is 5.79. The highest BCUT2D eigenvalue weighted by Crippen LogP contribution is 2.30. The average Bonchev–Trinajstić information content (AvgIpc) is 2.60. The first kappa shape index (κ1) is 19.5. The molecule has 2 rings (SSSR count). The van der Waals surface area contributed by atoms with Gasteiger partial charge in [0.2, 0.25) is 5.91 Å². The predicted molar refractivity (Wildman–Crippen MR) is 91.9 cm³/mol. The molecule has 0 unspecified atom stereocenters. The molecule has 0 bridgehead atoms. The Labute approximate surface area is 154 Å². The number of amides is 2. The number of carboxylic acids is 1. The molecule has 3 N–H and O–H groups in total. The van der Waals surface area contributed by atoms with Gasteiger partial charge in [-0.1, -0.05) is 23.2 Å². The fraction of sp³-hybridized carbons (Fsp3) is 0.438. The summed E-state index contributed by atoms with van der Waals surface area (Å²) in [4.78, 5) is 35.4. The Bertz CT molecular complexity index is 674. The minimum atomic E-state index is -1.03. The number of carboxylic acid groups (broad SMARTS) is 1. The van der Waals surface area contributed by atoms with Crippen LogP contribution in [-0.2, 0) is 14.3 Å². The van der Waals surface area contributed by atoms with E-state index in [1.165, 1.54) is 18.2 Å². The van der Waals surface area contributed by atoms with Crippen LogP contribution >= 0.6 is 23.2 Å². The lowest BCUT2D eigenvalue weighted by Crippen LogP contribution is -2.48. The van der Waals surface area contributed by atoms with Gasteiger partial charge in [-0.25, -0.2) is 0 Å². The monoisotopic (exact) mass is 388 g/mol. The molecule has 0 aliphatic carbocycles. The van der Waals surface area contributed by atoms with Crippen LogP contribution in [0.25, 0.3) is 0 Å². The van der Waals surface area contributed by atoms with E-state index in [1.54, 1.807) is 0 Å². The van der Waals surface area contributed by atoms with Crippen molar-refractivity contribution < 1.29 is 24.2 Å². The number of benzene rings is 1. The van der Waals surface area contributed by atoms with Crippen molar-refractivity contribution in [2.75, 3.05) is 26.3 Å². The largest absolute Gasteiger partial charge is 0.481 e. The van der Waals surface area contributed by atoms with Crippen molar-refractivity contribution in [2.24, 2.45) is 5.41 Å². The zero-order valence-corrected chi connectivity index (χ0v) is 14.8. The van der Waals surface area contributed by atoms with Crippen LogP contribution in [0.15, 0.2) is 18.2 Å². The molecule has 7 nitrogen and oxygen atoms in total. The van der Waals surface area contributed by atoms with Crippen LogP contribution in [-0.4, -0.2) is 49.2 Å². The van der Waals surface area contributed by atoms with Gasteiger partial charge < -0.3 is 20.5 Å². The maximum absolute atomic E-state index is 12.0. The fourth-order valence-corrected chi connectivity index (χ4v) is 2.76. The number of aliphatic carboxylic acids is 1. The van der Waals surface area contributed by atoms with Gasteiger partial charge >= 0.3 is 5.97 Å². The molecule has 1 aromatic carbocycles. The van der Waals surface area contributed by atoms with Crippen LogP contribution in [0.3, 0.4) is 0 Å². The van der Waals surface area contributed by atoms with E-state index in [2.05, 4.69) is 10.6 Å². The molecule has 1 aliphatic rings. The molecule has 1 saturated heterocycles. The molecule has 1 heterocycles. The maximum atomic E-state index is 12.0. The highest BCUT2D eigenvalue weighted by Gasteiger charge is 2.40. The number of halogens is 2.